The molecule has 0 saturated carbocycles. The van der Waals surface area contributed by atoms with Gasteiger partial charge in [0, 0.05) is 40.0 Å². The maximum absolute atomic E-state index is 5.61. The molecule has 4 heteroatoms. The molecule has 0 aromatic rings. The van der Waals surface area contributed by atoms with Crippen LogP contribution in [0.25, 0.3) is 0 Å². The van der Waals surface area contributed by atoms with Gasteiger partial charge in [-0.15, -0.1) is 0 Å². The van der Waals surface area contributed by atoms with Gasteiger partial charge in [-0.1, -0.05) is 6.92 Å². The predicted octanol–water partition coefficient (Wildman–Crippen LogP) is 2.14. The average Bonchev–Trinajstić information content (AvgIpc) is 2.49. The first-order valence-corrected chi connectivity index (χ1v) is 8.78. The summed E-state index contributed by atoms with van der Waals surface area (Å²) in [5.41, 5.74) is 0.419. The highest BCUT2D eigenvalue weighted by molar-refractivity contribution is 4.88. The molecule has 2 heterocycles. The zero-order valence-corrected chi connectivity index (χ0v) is 14.0. The maximum atomic E-state index is 5.61. The van der Waals surface area contributed by atoms with Crippen molar-refractivity contribution in [2.45, 2.75) is 39.0 Å². The molecule has 21 heavy (non-hydrogen) atoms. The monoisotopic (exact) mass is 298 g/mol. The predicted molar refractivity (Wildman–Crippen MR) is 86.7 cm³/mol. The maximum Gasteiger partial charge on any atom is 0.0502 e. The van der Waals surface area contributed by atoms with Gasteiger partial charge in [-0.05, 0) is 56.5 Å². The molecule has 0 radical (unpaired) electrons. The highest BCUT2D eigenvalue weighted by atomic mass is 16.5. The van der Waals surface area contributed by atoms with Gasteiger partial charge in [0.1, 0.15) is 0 Å². The third-order valence-electron chi connectivity index (χ3n) is 5.04. The highest BCUT2D eigenvalue weighted by Crippen LogP contribution is 2.32. The lowest BCUT2D eigenvalue weighted by Gasteiger charge is -2.43. The molecule has 1 N–H and O–H groups in total. The molecular weight excluding hydrogens is 264 g/mol. The van der Waals surface area contributed by atoms with Crippen LogP contribution < -0.4 is 5.32 Å². The van der Waals surface area contributed by atoms with Crippen LogP contribution in [0.15, 0.2) is 0 Å². The van der Waals surface area contributed by atoms with Crippen molar-refractivity contribution < 1.29 is 9.47 Å². The molecule has 0 aliphatic carbocycles. The molecule has 0 aromatic heterocycles. The van der Waals surface area contributed by atoms with E-state index in [1.165, 1.54) is 51.7 Å². The van der Waals surface area contributed by atoms with Crippen LogP contribution in [0.3, 0.4) is 0 Å². The second kappa shape index (κ2) is 9.09. The molecule has 2 rings (SSSR count). The number of nitrogens with one attached hydrogen (secondary N) is 1. The van der Waals surface area contributed by atoms with Crippen LogP contribution in [0.4, 0.5) is 0 Å². The lowest BCUT2D eigenvalue weighted by atomic mass is 9.78. The van der Waals surface area contributed by atoms with E-state index >= 15 is 0 Å². The Balaban J connectivity index is 1.87. The van der Waals surface area contributed by atoms with Crippen LogP contribution in [-0.2, 0) is 9.47 Å². The summed E-state index contributed by atoms with van der Waals surface area (Å²) in [7, 11) is 1.83. The van der Waals surface area contributed by atoms with Crippen molar-refractivity contribution in [1.82, 2.24) is 10.2 Å². The third kappa shape index (κ3) is 5.51. The van der Waals surface area contributed by atoms with Gasteiger partial charge in [0.05, 0.1) is 6.61 Å². The topological polar surface area (TPSA) is 33.7 Å². The van der Waals surface area contributed by atoms with Crippen molar-refractivity contribution in [2.24, 2.45) is 11.3 Å². The first kappa shape index (κ1) is 17.2. The van der Waals surface area contributed by atoms with Crippen molar-refractivity contribution in [3.05, 3.63) is 0 Å². The van der Waals surface area contributed by atoms with Crippen molar-refractivity contribution in [1.29, 1.82) is 0 Å². The van der Waals surface area contributed by atoms with E-state index in [0.717, 1.165) is 38.8 Å². The average molecular weight is 298 g/mol. The quantitative estimate of drug-likeness (QED) is 0.696. The summed E-state index contributed by atoms with van der Waals surface area (Å²) < 4.78 is 11.0. The van der Waals surface area contributed by atoms with E-state index in [1.54, 1.807) is 0 Å². The van der Waals surface area contributed by atoms with E-state index in [2.05, 4.69) is 17.1 Å². The summed E-state index contributed by atoms with van der Waals surface area (Å²) in [6.45, 7) is 11.0. The Labute approximate surface area is 130 Å². The number of hydrogen-bond acceptors (Lipinski definition) is 4. The number of nitrogens with zero attached hydrogens (tertiary/aromatic N) is 1. The van der Waals surface area contributed by atoms with Crippen LogP contribution in [0, 0.1) is 11.3 Å². The zero-order chi connectivity index (χ0) is 15.0. The third-order valence-corrected chi connectivity index (χ3v) is 5.04. The lowest BCUT2D eigenvalue weighted by Crippen LogP contribution is -2.50. The van der Waals surface area contributed by atoms with Crippen LogP contribution in [-0.4, -0.2) is 64.6 Å². The van der Waals surface area contributed by atoms with Crippen molar-refractivity contribution >= 4 is 0 Å². The summed E-state index contributed by atoms with van der Waals surface area (Å²) in [6, 6.07) is 0. The molecule has 2 fully saturated rings. The molecule has 2 aliphatic rings. The van der Waals surface area contributed by atoms with Crippen molar-refractivity contribution in [3.63, 3.8) is 0 Å². The van der Waals surface area contributed by atoms with E-state index in [1.807, 2.05) is 7.11 Å². The number of piperidine rings is 1. The van der Waals surface area contributed by atoms with Crippen LogP contribution in [0.5, 0.6) is 0 Å². The first-order chi connectivity index (χ1) is 10.3. The van der Waals surface area contributed by atoms with Gasteiger partial charge in [-0.25, -0.2) is 0 Å². The first-order valence-electron chi connectivity index (χ1n) is 8.78. The van der Waals surface area contributed by atoms with Gasteiger partial charge in [0.2, 0.25) is 0 Å². The Morgan fingerprint density at radius 3 is 2.86 bits per heavy atom. The molecule has 2 saturated heterocycles. The normalized spacial score (nSPS) is 26.9. The van der Waals surface area contributed by atoms with Crippen molar-refractivity contribution in [3.8, 4) is 0 Å². The van der Waals surface area contributed by atoms with Crippen LogP contribution >= 0.6 is 0 Å². The van der Waals surface area contributed by atoms with Crippen LogP contribution in [0.2, 0.25) is 0 Å². The molecule has 1 unspecified atom stereocenters. The minimum atomic E-state index is 0.419. The number of hydrogen-bond donors (Lipinski definition) is 1. The summed E-state index contributed by atoms with van der Waals surface area (Å²) >= 11 is 0. The van der Waals surface area contributed by atoms with Crippen LogP contribution in [0.1, 0.15) is 39.0 Å². The number of methoxy groups -OCH3 is 1. The Kier molecular flexibility index (Phi) is 7.44. The number of rotatable bonds is 8. The minimum absolute atomic E-state index is 0.419. The minimum Gasteiger partial charge on any atom is -0.384 e. The van der Waals surface area contributed by atoms with Gasteiger partial charge in [-0.2, -0.15) is 0 Å². The Morgan fingerprint density at radius 2 is 2.14 bits per heavy atom. The second-order valence-electron chi connectivity index (χ2n) is 6.99. The summed E-state index contributed by atoms with van der Waals surface area (Å²) in [5, 5.41) is 3.66. The molecule has 0 amide bonds. The largest absolute Gasteiger partial charge is 0.384 e. The fourth-order valence-corrected chi connectivity index (χ4v) is 3.87. The van der Waals surface area contributed by atoms with E-state index < -0.39 is 0 Å². The molecule has 4 nitrogen and oxygen atoms in total. The van der Waals surface area contributed by atoms with Gasteiger partial charge in [-0.3, -0.25) is 0 Å². The summed E-state index contributed by atoms with van der Waals surface area (Å²) in [6.07, 6.45) is 6.27. The molecule has 0 bridgehead atoms. The SMILES string of the molecule is CCCNCC1(CN2CCCC(COC)C2)CCOCC1. The Morgan fingerprint density at radius 1 is 1.33 bits per heavy atom. The molecule has 0 aromatic carbocycles. The van der Waals surface area contributed by atoms with Gasteiger partial charge in [0.25, 0.3) is 0 Å². The highest BCUT2D eigenvalue weighted by Gasteiger charge is 2.35. The Hall–Kier alpha value is -0.160. The standard InChI is InChI=1S/C17H34N2O2/c1-3-8-18-14-17(6-10-21-11-7-17)15-19-9-4-5-16(12-19)13-20-2/h16,18H,3-15H2,1-2H3. The van der Waals surface area contributed by atoms with Crippen molar-refractivity contribution in [2.75, 3.05) is 59.7 Å². The lowest BCUT2D eigenvalue weighted by molar-refractivity contribution is -0.0149. The molecule has 124 valence electrons. The summed E-state index contributed by atoms with van der Waals surface area (Å²) in [4.78, 5) is 2.69. The Bertz CT molecular complexity index is 278. The number of ether oxygens (including phenoxy) is 2. The zero-order valence-electron chi connectivity index (χ0n) is 14.0. The molecular formula is C17H34N2O2. The van der Waals surface area contributed by atoms with Gasteiger partial charge in [0.15, 0.2) is 0 Å². The number of likely N-dealkylation sites (tertiary alicyclic amines) is 1. The van der Waals surface area contributed by atoms with Gasteiger partial charge >= 0.3 is 0 Å². The fourth-order valence-electron chi connectivity index (χ4n) is 3.87. The fraction of sp³-hybridized carbons (Fsp3) is 1.00. The van der Waals surface area contributed by atoms with E-state index in [9.17, 15) is 0 Å². The smallest absolute Gasteiger partial charge is 0.0502 e. The summed E-state index contributed by atoms with van der Waals surface area (Å²) in [5.74, 6) is 0.726. The van der Waals surface area contributed by atoms with E-state index in [0.29, 0.717) is 5.41 Å². The molecule has 2 aliphatic heterocycles. The molecule has 0 spiro atoms. The van der Waals surface area contributed by atoms with E-state index in [-0.39, 0.29) is 0 Å². The van der Waals surface area contributed by atoms with E-state index in [4.69, 9.17) is 9.47 Å². The van der Waals surface area contributed by atoms with Gasteiger partial charge < -0.3 is 19.7 Å². The second-order valence-corrected chi connectivity index (χ2v) is 6.99. The molecule has 1 atom stereocenters.